The number of carbonyl (C=O) groups is 3. The molecule has 0 aliphatic heterocycles. The van der Waals surface area contributed by atoms with Gasteiger partial charge in [-0.15, -0.1) is 0 Å². The lowest BCUT2D eigenvalue weighted by Crippen LogP contribution is -2.43. The van der Waals surface area contributed by atoms with Gasteiger partial charge in [0.25, 0.3) is 5.91 Å². The number of nitrogens with one attached hydrogen (secondary N) is 1. The topological polar surface area (TPSA) is 109 Å². The van der Waals surface area contributed by atoms with Crippen molar-refractivity contribution >= 4 is 29.4 Å². The Labute approximate surface area is 114 Å². The Morgan fingerprint density at radius 1 is 1.42 bits per heavy atom. The maximum absolute atomic E-state index is 11.8. The van der Waals surface area contributed by atoms with Gasteiger partial charge >= 0.3 is 5.97 Å². The molecule has 0 radical (unpaired) electrons. The largest absolute Gasteiger partial charge is 0.480 e. The Morgan fingerprint density at radius 3 is 2.53 bits per heavy atom. The van der Waals surface area contributed by atoms with Crippen molar-refractivity contribution in [3.63, 3.8) is 0 Å². The summed E-state index contributed by atoms with van der Waals surface area (Å²) in [5, 5.41) is 11.6. The zero-order valence-corrected chi connectivity index (χ0v) is 10.9. The number of amides is 2. The average molecular weight is 285 g/mol. The van der Waals surface area contributed by atoms with Crippen LogP contribution in [0.5, 0.6) is 0 Å². The molecular weight excluding hydrogens is 272 g/mol. The van der Waals surface area contributed by atoms with Gasteiger partial charge in [-0.05, 0) is 30.7 Å². The summed E-state index contributed by atoms with van der Waals surface area (Å²) in [7, 11) is 0. The average Bonchev–Trinajstić information content (AvgIpc) is 2.31. The lowest BCUT2D eigenvalue weighted by atomic mass is 10.1. The Morgan fingerprint density at radius 2 is 2.05 bits per heavy atom. The molecule has 0 bridgehead atoms. The number of carbonyl (C=O) groups excluding carboxylic acids is 2. The number of aliphatic carboxylic acids is 1. The van der Waals surface area contributed by atoms with Crippen LogP contribution >= 0.6 is 11.6 Å². The first-order chi connectivity index (χ1) is 8.81. The van der Waals surface area contributed by atoms with Crippen LogP contribution in [-0.4, -0.2) is 28.9 Å². The van der Waals surface area contributed by atoms with E-state index in [0.29, 0.717) is 10.6 Å². The summed E-state index contributed by atoms with van der Waals surface area (Å²) in [4.78, 5) is 33.4. The molecule has 0 heterocycles. The minimum Gasteiger partial charge on any atom is -0.480 e. The van der Waals surface area contributed by atoms with E-state index in [9.17, 15) is 14.4 Å². The summed E-state index contributed by atoms with van der Waals surface area (Å²) in [5.41, 5.74) is 5.87. The molecule has 1 aromatic rings. The molecule has 6 nitrogen and oxygen atoms in total. The van der Waals surface area contributed by atoms with Gasteiger partial charge < -0.3 is 16.2 Å². The number of nitrogens with two attached hydrogens (primary N) is 1. The van der Waals surface area contributed by atoms with E-state index in [1.807, 2.05) is 0 Å². The molecule has 102 valence electrons. The maximum atomic E-state index is 11.8. The first kappa shape index (κ1) is 15.0. The van der Waals surface area contributed by atoms with Gasteiger partial charge in [0, 0.05) is 10.6 Å². The molecule has 0 unspecified atom stereocenters. The second-order valence-corrected chi connectivity index (χ2v) is 4.41. The number of halogens is 1. The summed E-state index contributed by atoms with van der Waals surface area (Å²) < 4.78 is 0. The van der Waals surface area contributed by atoms with Crippen LogP contribution < -0.4 is 11.1 Å². The minimum absolute atomic E-state index is 0.262. The van der Waals surface area contributed by atoms with Crippen LogP contribution in [0.4, 0.5) is 0 Å². The van der Waals surface area contributed by atoms with Gasteiger partial charge in [-0.2, -0.15) is 0 Å². The van der Waals surface area contributed by atoms with Crippen LogP contribution in [0.25, 0.3) is 0 Å². The molecule has 1 rings (SSSR count). The normalized spacial score (nSPS) is 11.7. The van der Waals surface area contributed by atoms with Crippen molar-refractivity contribution in [2.75, 3.05) is 0 Å². The van der Waals surface area contributed by atoms with Crippen molar-refractivity contribution < 1.29 is 19.5 Å². The molecule has 0 saturated carbocycles. The monoisotopic (exact) mass is 284 g/mol. The number of hydrogen-bond acceptors (Lipinski definition) is 3. The van der Waals surface area contributed by atoms with E-state index in [1.165, 1.54) is 18.2 Å². The number of primary amides is 1. The fraction of sp³-hybridized carbons (Fsp3) is 0.250. The van der Waals surface area contributed by atoms with Gasteiger partial charge in [-0.3, -0.25) is 9.59 Å². The van der Waals surface area contributed by atoms with Crippen molar-refractivity contribution in [1.29, 1.82) is 0 Å². The van der Waals surface area contributed by atoms with Gasteiger partial charge in [-0.1, -0.05) is 11.6 Å². The van der Waals surface area contributed by atoms with Gasteiger partial charge in [0.05, 0.1) is 6.42 Å². The number of aryl methyl sites for hydroxylation is 1. The van der Waals surface area contributed by atoms with E-state index in [2.05, 4.69) is 5.32 Å². The second-order valence-electron chi connectivity index (χ2n) is 4.00. The van der Waals surface area contributed by atoms with E-state index < -0.39 is 30.2 Å². The van der Waals surface area contributed by atoms with E-state index in [4.69, 9.17) is 22.4 Å². The van der Waals surface area contributed by atoms with Crippen LogP contribution in [0, 0.1) is 6.92 Å². The fourth-order valence-electron chi connectivity index (χ4n) is 1.43. The van der Waals surface area contributed by atoms with Crippen molar-refractivity contribution in [3.8, 4) is 0 Å². The number of carboxylic acids is 1. The predicted molar refractivity (Wildman–Crippen MR) is 68.9 cm³/mol. The lowest BCUT2D eigenvalue weighted by molar-refractivity contribution is -0.140. The Bertz CT molecular complexity index is 530. The molecule has 4 N–H and O–H groups in total. The maximum Gasteiger partial charge on any atom is 0.326 e. The molecule has 0 aliphatic rings. The van der Waals surface area contributed by atoms with Gasteiger partial charge in [0.15, 0.2) is 0 Å². The van der Waals surface area contributed by atoms with Crippen molar-refractivity contribution in [2.45, 2.75) is 19.4 Å². The van der Waals surface area contributed by atoms with Crippen LogP contribution in [0.3, 0.4) is 0 Å². The van der Waals surface area contributed by atoms with Crippen molar-refractivity contribution in [2.24, 2.45) is 5.73 Å². The lowest BCUT2D eigenvalue weighted by Gasteiger charge is -2.13. The first-order valence-corrected chi connectivity index (χ1v) is 5.77. The molecule has 0 spiro atoms. The molecule has 0 aliphatic carbocycles. The minimum atomic E-state index is -1.35. The first-order valence-electron chi connectivity index (χ1n) is 5.39. The van der Waals surface area contributed by atoms with Gasteiger partial charge in [-0.25, -0.2) is 4.79 Å². The van der Waals surface area contributed by atoms with Gasteiger partial charge in [0.2, 0.25) is 5.91 Å². The van der Waals surface area contributed by atoms with E-state index in [1.54, 1.807) is 6.92 Å². The molecule has 19 heavy (non-hydrogen) atoms. The van der Waals surface area contributed by atoms with E-state index in [0.717, 1.165) is 0 Å². The van der Waals surface area contributed by atoms with Crippen LogP contribution in [0.1, 0.15) is 22.3 Å². The highest BCUT2D eigenvalue weighted by Gasteiger charge is 2.22. The van der Waals surface area contributed by atoms with Crippen molar-refractivity contribution in [1.82, 2.24) is 5.32 Å². The summed E-state index contributed by atoms with van der Waals surface area (Å²) in [5.74, 6) is -2.73. The zero-order valence-electron chi connectivity index (χ0n) is 10.1. The second kappa shape index (κ2) is 6.19. The van der Waals surface area contributed by atoms with E-state index in [-0.39, 0.29) is 5.56 Å². The third-order valence-electron chi connectivity index (χ3n) is 2.43. The van der Waals surface area contributed by atoms with Gasteiger partial charge in [0.1, 0.15) is 6.04 Å². The molecule has 1 atom stereocenters. The third-order valence-corrected chi connectivity index (χ3v) is 2.85. The van der Waals surface area contributed by atoms with Crippen LogP contribution in [-0.2, 0) is 9.59 Å². The third kappa shape index (κ3) is 4.26. The summed E-state index contributed by atoms with van der Waals surface area (Å²) in [6, 6.07) is 3.19. The molecule has 7 heteroatoms. The molecule has 0 saturated heterocycles. The number of benzene rings is 1. The fourth-order valence-corrected chi connectivity index (χ4v) is 1.55. The highest BCUT2D eigenvalue weighted by atomic mass is 35.5. The molecule has 0 fully saturated rings. The number of hydrogen-bond donors (Lipinski definition) is 3. The predicted octanol–water partition coefficient (Wildman–Crippen LogP) is 0.707. The SMILES string of the molecule is Cc1cc(C(=O)N[C@H](CC(N)=O)C(=O)O)ccc1Cl. The van der Waals surface area contributed by atoms with Crippen molar-refractivity contribution in [3.05, 3.63) is 34.3 Å². The summed E-state index contributed by atoms with van der Waals surface area (Å²) >= 11 is 5.82. The van der Waals surface area contributed by atoms with Crippen LogP contribution in [0.2, 0.25) is 5.02 Å². The smallest absolute Gasteiger partial charge is 0.326 e. The number of carboxylic acid groups (broad SMARTS) is 1. The van der Waals surface area contributed by atoms with Crippen LogP contribution in [0.15, 0.2) is 18.2 Å². The summed E-state index contributed by atoms with van der Waals surface area (Å²) in [6.45, 7) is 1.72. The molecule has 0 aromatic heterocycles. The molecule has 2 amide bonds. The summed E-state index contributed by atoms with van der Waals surface area (Å²) in [6.07, 6.45) is -0.465. The Hall–Kier alpha value is -2.08. The molecule has 1 aromatic carbocycles. The van der Waals surface area contributed by atoms with E-state index >= 15 is 0 Å². The molecular formula is C12H13ClN2O4. The zero-order chi connectivity index (χ0) is 14.6. The number of rotatable bonds is 5. The standard InChI is InChI=1S/C12H13ClN2O4/c1-6-4-7(2-3-8(6)13)11(17)15-9(12(18)19)5-10(14)16/h2-4,9H,5H2,1H3,(H2,14,16)(H,15,17)(H,18,19)/t9-/m1/s1. The Kier molecular flexibility index (Phi) is 4.88. The highest BCUT2D eigenvalue weighted by molar-refractivity contribution is 6.31. The Balaban J connectivity index is 2.84. The quantitative estimate of drug-likeness (QED) is 0.739. The highest BCUT2D eigenvalue weighted by Crippen LogP contribution is 2.16.